The summed E-state index contributed by atoms with van der Waals surface area (Å²) in [6.07, 6.45) is 3.20. The number of carbonyl (C=O) groups is 1. The monoisotopic (exact) mass is 342 g/mol. The van der Waals surface area contributed by atoms with E-state index in [4.69, 9.17) is 4.74 Å². The van der Waals surface area contributed by atoms with Crippen molar-refractivity contribution in [2.75, 3.05) is 31.1 Å². The van der Waals surface area contributed by atoms with E-state index >= 15 is 0 Å². The normalized spacial score (nSPS) is 32.0. The van der Waals surface area contributed by atoms with Crippen molar-refractivity contribution in [3.05, 3.63) is 29.1 Å². The van der Waals surface area contributed by atoms with Gasteiger partial charge in [0.15, 0.2) is 0 Å². The van der Waals surface area contributed by atoms with E-state index in [2.05, 4.69) is 36.1 Å². The fraction of sp³-hybridized carbons (Fsp3) is 0.526. The number of carbonyl (C=O) groups excluding carboxylic acids is 1. The van der Waals surface area contributed by atoms with Crippen molar-refractivity contribution in [2.24, 2.45) is 5.92 Å². The van der Waals surface area contributed by atoms with Gasteiger partial charge in [-0.15, -0.1) is 11.3 Å². The van der Waals surface area contributed by atoms with Gasteiger partial charge in [0, 0.05) is 27.7 Å². The van der Waals surface area contributed by atoms with Crippen molar-refractivity contribution in [3.8, 4) is 0 Å². The maximum absolute atomic E-state index is 12.6. The van der Waals surface area contributed by atoms with E-state index in [9.17, 15) is 4.79 Å². The molecule has 2 aromatic rings. The summed E-state index contributed by atoms with van der Waals surface area (Å²) in [5, 5.41) is 1.27. The quantitative estimate of drug-likeness (QED) is 0.830. The van der Waals surface area contributed by atoms with E-state index in [0.29, 0.717) is 12.5 Å². The predicted octanol–water partition coefficient (Wildman–Crippen LogP) is 3.88. The zero-order valence-electron chi connectivity index (χ0n) is 14.0. The van der Waals surface area contributed by atoms with Gasteiger partial charge < -0.3 is 4.74 Å². The summed E-state index contributed by atoms with van der Waals surface area (Å²) >= 11 is 1.82. The lowest BCUT2D eigenvalue weighted by Gasteiger charge is -2.49. The van der Waals surface area contributed by atoms with Crippen molar-refractivity contribution < 1.29 is 9.53 Å². The average molecular weight is 342 g/mol. The fourth-order valence-electron chi connectivity index (χ4n) is 4.63. The minimum atomic E-state index is -0.285. The van der Waals surface area contributed by atoms with Crippen LogP contribution < -0.4 is 4.90 Å². The molecule has 0 N–H and O–H groups in total. The number of piperidine rings is 3. The number of hydrogen-bond donors (Lipinski definition) is 0. The summed E-state index contributed by atoms with van der Waals surface area (Å²) in [5.41, 5.74) is 0.692. The zero-order valence-corrected chi connectivity index (χ0v) is 14.8. The largest absolute Gasteiger partial charge is 0.439 e. The Morgan fingerprint density at radius 2 is 2.08 bits per heavy atom. The Kier molecular flexibility index (Phi) is 3.19. The van der Waals surface area contributed by atoms with Crippen LogP contribution in [0.15, 0.2) is 24.3 Å². The molecule has 5 heterocycles. The molecule has 0 saturated carbocycles. The topological polar surface area (TPSA) is 32.8 Å². The Morgan fingerprint density at radius 3 is 2.79 bits per heavy atom. The van der Waals surface area contributed by atoms with E-state index in [1.54, 1.807) is 0 Å². The van der Waals surface area contributed by atoms with Gasteiger partial charge in [-0.2, -0.15) is 0 Å². The number of benzene rings is 1. The lowest BCUT2D eigenvalue weighted by molar-refractivity contribution is -0.0881. The molecular formula is C19H22N2O2S. The van der Waals surface area contributed by atoms with Crippen LogP contribution in [0.5, 0.6) is 0 Å². The molecule has 0 unspecified atom stereocenters. The highest BCUT2D eigenvalue weighted by atomic mass is 32.1. The van der Waals surface area contributed by atoms with Crippen molar-refractivity contribution in [1.29, 1.82) is 0 Å². The van der Waals surface area contributed by atoms with Crippen molar-refractivity contribution in [2.45, 2.75) is 31.8 Å². The maximum Gasteiger partial charge on any atom is 0.415 e. The Bertz CT molecular complexity index is 809. The summed E-state index contributed by atoms with van der Waals surface area (Å²) in [4.78, 5) is 18.3. The number of amides is 1. The Morgan fingerprint density at radius 1 is 1.25 bits per heavy atom. The number of ether oxygens (including phenoxy) is 1. The third kappa shape index (κ3) is 2.11. The van der Waals surface area contributed by atoms with Gasteiger partial charge in [-0.1, -0.05) is 13.0 Å². The van der Waals surface area contributed by atoms with Crippen LogP contribution in [0, 0.1) is 5.92 Å². The lowest BCUT2D eigenvalue weighted by Crippen LogP contribution is -2.61. The summed E-state index contributed by atoms with van der Waals surface area (Å²) < 4.78 is 7.23. The fourth-order valence-corrected chi connectivity index (χ4v) is 5.66. The number of hydrogen-bond acceptors (Lipinski definition) is 4. The molecule has 1 spiro atoms. The van der Waals surface area contributed by atoms with E-state index in [1.165, 1.54) is 15.0 Å². The van der Waals surface area contributed by atoms with Gasteiger partial charge >= 0.3 is 6.09 Å². The number of anilines is 1. The second kappa shape index (κ2) is 5.20. The molecule has 2 bridgehead atoms. The molecule has 126 valence electrons. The molecule has 1 atom stereocenters. The van der Waals surface area contributed by atoms with Crippen LogP contribution in [-0.4, -0.2) is 42.8 Å². The molecule has 0 aliphatic carbocycles. The van der Waals surface area contributed by atoms with Crippen molar-refractivity contribution in [1.82, 2.24) is 4.90 Å². The van der Waals surface area contributed by atoms with Gasteiger partial charge in [0.1, 0.15) is 5.60 Å². The van der Waals surface area contributed by atoms with Gasteiger partial charge in [0.05, 0.1) is 6.54 Å². The van der Waals surface area contributed by atoms with Gasteiger partial charge in [0.25, 0.3) is 0 Å². The first-order valence-corrected chi connectivity index (χ1v) is 9.74. The Labute approximate surface area is 146 Å². The molecule has 4 saturated heterocycles. The number of rotatable bonds is 2. The molecular weight excluding hydrogens is 320 g/mol. The van der Waals surface area contributed by atoms with Gasteiger partial charge in [-0.3, -0.25) is 9.80 Å². The number of nitrogens with zero attached hydrogens (tertiary/aromatic N) is 2. The van der Waals surface area contributed by atoms with E-state index in [0.717, 1.165) is 44.6 Å². The molecule has 24 heavy (non-hydrogen) atoms. The second-order valence-corrected chi connectivity index (χ2v) is 8.53. The average Bonchev–Trinajstić information content (AvgIpc) is 3.16. The summed E-state index contributed by atoms with van der Waals surface area (Å²) in [5.74, 6) is 0.522. The minimum absolute atomic E-state index is 0.171. The Balaban J connectivity index is 1.47. The molecule has 6 rings (SSSR count). The number of aryl methyl sites for hydroxylation is 1. The summed E-state index contributed by atoms with van der Waals surface area (Å²) in [6.45, 7) is 6.10. The van der Waals surface area contributed by atoms with Gasteiger partial charge in [0.2, 0.25) is 0 Å². The van der Waals surface area contributed by atoms with Crippen LogP contribution in [0.25, 0.3) is 10.1 Å². The van der Waals surface area contributed by atoms with Crippen LogP contribution in [0.1, 0.15) is 24.6 Å². The standard InChI is InChI=1S/C19H22N2O2S/c1-2-16-9-13-3-4-15(10-17(13)24-16)21-12-19(23-18(21)22)11-20-7-5-14(19)6-8-20/h3-4,9-10,14H,2,5-8,11-12H2,1H3/t19-/m1/s1. The first-order valence-electron chi connectivity index (χ1n) is 8.92. The molecule has 1 aromatic heterocycles. The molecule has 0 radical (unpaired) electrons. The van der Waals surface area contributed by atoms with Crippen LogP contribution >= 0.6 is 11.3 Å². The summed E-state index contributed by atoms with van der Waals surface area (Å²) in [6, 6.07) is 8.60. The third-order valence-corrected chi connectivity index (χ3v) is 7.22. The molecule has 4 fully saturated rings. The first kappa shape index (κ1) is 14.7. The highest BCUT2D eigenvalue weighted by Gasteiger charge is 2.55. The number of fused-ring (bicyclic) bond motifs is 3. The molecule has 1 amide bonds. The first-order chi connectivity index (χ1) is 11.7. The van der Waals surface area contributed by atoms with Crippen LogP contribution in [0.2, 0.25) is 0 Å². The number of thiophene rings is 1. The van der Waals surface area contributed by atoms with Gasteiger partial charge in [-0.25, -0.2) is 4.79 Å². The smallest absolute Gasteiger partial charge is 0.415 e. The van der Waals surface area contributed by atoms with Gasteiger partial charge in [-0.05, 0) is 55.9 Å². The molecule has 5 heteroatoms. The van der Waals surface area contributed by atoms with Crippen LogP contribution in [0.4, 0.5) is 10.5 Å². The van der Waals surface area contributed by atoms with Crippen LogP contribution in [-0.2, 0) is 11.2 Å². The molecule has 4 aliphatic heterocycles. The van der Waals surface area contributed by atoms with Crippen molar-refractivity contribution in [3.63, 3.8) is 0 Å². The molecule has 1 aromatic carbocycles. The zero-order chi connectivity index (χ0) is 16.3. The lowest BCUT2D eigenvalue weighted by atomic mass is 9.75. The highest BCUT2D eigenvalue weighted by molar-refractivity contribution is 7.19. The molecule has 4 nitrogen and oxygen atoms in total. The predicted molar refractivity (Wildman–Crippen MR) is 96.9 cm³/mol. The minimum Gasteiger partial charge on any atom is -0.439 e. The highest BCUT2D eigenvalue weighted by Crippen LogP contribution is 2.43. The van der Waals surface area contributed by atoms with E-state index < -0.39 is 0 Å². The third-order valence-electron chi connectivity index (χ3n) is 5.97. The second-order valence-electron chi connectivity index (χ2n) is 7.36. The van der Waals surface area contributed by atoms with E-state index in [-0.39, 0.29) is 11.7 Å². The van der Waals surface area contributed by atoms with E-state index in [1.807, 2.05) is 16.2 Å². The van der Waals surface area contributed by atoms with Crippen molar-refractivity contribution >= 4 is 33.2 Å². The maximum atomic E-state index is 12.6. The SMILES string of the molecule is CCc1cc2ccc(N3C[C@@]4(CN5CCC4CC5)OC3=O)cc2s1. The van der Waals surface area contributed by atoms with Crippen LogP contribution in [0.3, 0.4) is 0 Å². The Hall–Kier alpha value is -1.59. The summed E-state index contributed by atoms with van der Waals surface area (Å²) in [7, 11) is 0. The molecule has 4 aliphatic rings.